The van der Waals surface area contributed by atoms with Gasteiger partial charge in [-0.05, 0) is 36.6 Å². The molecule has 1 aromatic carbocycles. The Balaban J connectivity index is 1.67. The van der Waals surface area contributed by atoms with E-state index in [1.165, 1.54) is 30.4 Å². The van der Waals surface area contributed by atoms with Crippen molar-refractivity contribution >= 4 is 11.9 Å². The standard InChI is InChI=1S/C15H24N2OS/c1-19-17-11-14-7-5-13(6-8-14)10-16-12-15-4-2-3-9-18-15/h5-8,15-17H,2-4,9-12H2,1H3. The number of rotatable bonds is 7. The lowest BCUT2D eigenvalue weighted by atomic mass is 10.1. The van der Waals surface area contributed by atoms with Crippen LogP contribution in [0.3, 0.4) is 0 Å². The first-order valence-corrected chi connectivity index (χ1v) is 8.27. The van der Waals surface area contributed by atoms with Gasteiger partial charge in [-0.1, -0.05) is 36.2 Å². The predicted octanol–water partition coefficient (Wildman–Crippen LogP) is 2.71. The molecule has 0 spiro atoms. The fourth-order valence-electron chi connectivity index (χ4n) is 2.28. The number of benzene rings is 1. The van der Waals surface area contributed by atoms with Crippen LogP contribution in [0, 0.1) is 0 Å². The van der Waals surface area contributed by atoms with Gasteiger partial charge in [0.1, 0.15) is 0 Å². The average molecular weight is 280 g/mol. The van der Waals surface area contributed by atoms with Gasteiger partial charge in [-0.25, -0.2) is 0 Å². The van der Waals surface area contributed by atoms with E-state index < -0.39 is 0 Å². The highest BCUT2D eigenvalue weighted by Crippen LogP contribution is 2.12. The number of nitrogens with one attached hydrogen (secondary N) is 2. The fourth-order valence-corrected chi connectivity index (χ4v) is 2.59. The molecule has 1 unspecified atom stereocenters. The maximum Gasteiger partial charge on any atom is 0.0699 e. The summed E-state index contributed by atoms with van der Waals surface area (Å²) in [6, 6.07) is 8.78. The second-order valence-electron chi connectivity index (χ2n) is 4.96. The molecule has 1 aliphatic heterocycles. The molecule has 1 aliphatic rings. The van der Waals surface area contributed by atoms with Crippen molar-refractivity contribution in [1.29, 1.82) is 0 Å². The Kier molecular flexibility index (Phi) is 6.71. The van der Waals surface area contributed by atoms with Gasteiger partial charge in [0.25, 0.3) is 0 Å². The average Bonchev–Trinajstić information content (AvgIpc) is 2.47. The summed E-state index contributed by atoms with van der Waals surface area (Å²) in [5.74, 6) is 0. The molecule has 0 aromatic heterocycles. The van der Waals surface area contributed by atoms with E-state index in [0.717, 1.165) is 26.2 Å². The van der Waals surface area contributed by atoms with Crippen molar-refractivity contribution in [3.8, 4) is 0 Å². The van der Waals surface area contributed by atoms with E-state index in [1.54, 1.807) is 11.9 Å². The van der Waals surface area contributed by atoms with E-state index in [0.29, 0.717) is 6.10 Å². The van der Waals surface area contributed by atoms with Crippen molar-refractivity contribution in [2.24, 2.45) is 0 Å². The Hall–Kier alpha value is -0.550. The van der Waals surface area contributed by atoms with Crippen molar-refractivity contribution in [2.75, 3.05) is 19.4 Å². The largest absolute Gasteiger partial charge is 0.377 e. The topological polar surface area (TPSA) is 33.3 Å². The summed E-state index contributed by atoms with van der Waals surface area (Å²) in [5, 5.41) is 3.49. The molecule has 3 nitrogen and oxygen atoms in total. The second-order valence-corrected chi connectivity index (χ2v) is 5.66. The molecule has 0 saturated carbocycles. The van der Waals surface area contributed by atoms with Gasteiger partial charge in [0, 0.05) is 26.2 Å². The van der Waals surface area contributed by atoms with Crippen LogP contribution in [0.15, 0.2) is 24.3 Å². The SMILES string of the molecule is CSNCc1ccc(CNCC2CCCCO2)cc1. The molecule has 2 N–H and O–H groups in total. The minimum absolute atomic E-state index is 0.416. The Labute approximate surface area is 120 Å². The van der Waals surface area contributed by atoms with E-state index in [-0.39, 0.29) is 0 Å². The monoisotopic (exact) mass is 280 g/mol. The zero-order chi connectivity index (χ0) is 13.3. The quantitative estimate of drug-likeness (QED) is 0.753. The van der Waals surface area contributed by atoms with Crippen molar-refractivity contribution in [3.63, 3.8) is 0 Å². The molecule has 1 atom stereocenters. The summed E-state index contributed by atoms with van der Waals surface area (Å²) in [7, 11) is 0. The lowest BCUT2D eigenvalue weighted by Crippen LogP contribution is -2.31. The third kappa shape index (κ3) is 5.53. The second kappa shape index (κ2) is 8.59. The van der Waals surface area contributed by atoms with Crippen molar-refractivity contribution in [3.05, 3.63) is 35.4 Å². The summed E-state index contributed by atoms with van der Waals surface area (Å²) in [4.78, 5) is 0. The lowest BCUT2D eigenvalue weighted by molar-refractivity contribution is 0.0168. The van der Waals surface area contributed by atoms with Gasteiger partial charge in [0.05, 0.1) is 6.10 Å². The Bertz CT molecular complexity index is 350. The number of hydrogen-bond acceptors (Lipinski definition) is 4. The Morgan fingerprint density at radius 2 is 1.89 bits per heavy atom. The molecule has 0 aliphatic carbocycles. The highest BCUT2D eigenvalue weighted by Gasteiger charge is 2.12. The van der Waals surface area contributed by atoms with E-state index in [4.69, 9.17) is 4.74 Å². The molecule has 1 fully saturated rings. The van der Waals surface area contributed by atoms with Crippen molar-refractivity contribution in [2.45, 2.75) is 38.5 Å². The lowest BCUT2D eigenvalue weighted by Gasteiger charge is -2.22. The Morgan fingerprint density at radius 1 is 1.16 bits per heavy atom. The molecule has 19 heavy (non-hydrogen) atoms. The summed E-state index contributed by atoms with van der Waals surface area (Å²) < 4.78 is 8.96. The summed E-state index contributed by atoms with van der Waals surface area (Å²) in [6.45, 7) is 3.75. The van der Waals surface area contributed by atoms with Crippen molar-refractivity contribution in [1.82, 2.24) is 10.0 Å². The van der Waals surface area contributed by atoms with Crippen LogP contribution in [-0.4, -0.2) is 25.5 Å². The molecule has 1 heterocycles. The maximum absolute atomic E-state index is 5.71. The van der Waals surface area contributed by atoms with Crippen LogP contribution in [0.5, 0.6) is 0 Å². The molecule has 106 valence electrons. The normalized spacial score (nSPS) is 19.5. The van der Waals surface area contributed by atoms with Crippen LogP contribution in [0.2, 0.25) is 0 Å². The van der Waals surface area contributed by atoms with Crippen LogP contribution in [0.25, 0.3) is 0 Å². The minimum Gasteiger partial charge on any atom is -0.377 e. The minimum atomic E-state index is 0.416. The maximum atomic E-state index is 5.71. The zero-order valence-electron chi connectivity index (χ0n) is 11.7. The van der Waals surface area contributed by atoms with Gasteiger partial charge in [-0.2, -0.15) is 0 Å². The fraction of sp³-hybridized carbons (Fsp3) is 0.600. The first-order valence-electron chi connectivity index (χ1n) is 7.04. The van der Waals surface area contributed by atoms with E-state index in [1.807, 2.05) is 6.26 Å². The van der Waals surface area contributed by atoms with Crippen LogP contribution in [0.4, 0.5) is 0 Å². The molecule has 0 amide bonds. The highest BCUT2D eigenvalue weighted by molar-refractivity contribution is 7.96. The van der Waals surface area contributed by atoms with Crippen LogP contribution < -0.4 is 10.0 Å². The van der Waals surface area contributed by atoms with Crippen molar-refractivity contribution < 1.29 is 4.74 Å². The Morgan fingerprint density at radius 3 is 2.53 bits per heavy atom. The third-order valence-corrected chi connectivity index (χ3v) is 3.85. The van der Waals surface area contributed by atoms with Crippen LogP contribution >= 0.6 is 11.9 Å². The molecule has 1 saturated heterocycles. The number of hydrogen-bond donors (Lipinski definition) is 2. The highest BCUT2D eigenvalue weighted by atomic mass is 32.2. The van der Waals surface area contributed by atoms with Gasteiger partial charge >= 0.3 is 0 Å². The van der Waals surface area contributed by atoms with Crippen LogP contribution in [0.1, 0.15) is 30.4 Å². The van der Waals surface area contributed by atoms with Gasteiger partial charge in [0.2, 0.25) is 0 Å². The van der Waals surface area contributed by atoms with Gasteiger partial charge in [-0.3, -0.25) is 4.72 Å². The summed E-state index contributed by atoms with van der Waals surface area (Å²) in [6.07, 6.45) is 6.20. The zero-order valence-corrected chi connectivity index (χ0v) is 12.5. The molecule has 2 rings (SSSR count). The van der Waals surface area contributed by atoms with Gasteiger partial charge in [-0.15, -0.1) is 0 Å². The molecule has 1 aromatic rings. The molecular weight excluding hydrogens is 256 g/mol. The first-order chi connectivity index (χ1) is 9.38. The molecule has 4 heteroatoms. The summed E-state index contributed by atoms with van der Waals surface area (Å²) >= 11 is 1.65. The molecule has 0 bridgehead atoms. The van der Waals surface area contributed by atoms with Gasteiger partial charge < -0.3 is 10.1 Å². The molecule has 0 radical (unpaired) electrons. The van der Waals surface area contributed by atoms with E-state index >= 15 is 0 Å². The third-order valence-electron chi connectivity index (χ3n) is 3.42. The van der Waals surface area contributed by atoms with Gasteiger partial charge in [0.15, 0.2) is 0 Å². The number of ether oxygens (including phenoxy) is 1. The van der Waals surface area contributed by atoms with Crippen LogP contribution in [-0.2, 0) is 17.8 Å². The first kappa shape index (κ1) is 14.9. The molecular formula is C15H24N2OS. The smallest absolute Gasteiger partial charge is 0.0699 e. The summed E-state index contributed by atoms with van der Waals surface area (Å²) in [5.41, 5.74) is 2.66. The van der Waals surface area contributed by atoms with E-state index in [9.17, 15) is 0 Å². The van der Waals surface area contributed by atoms with E-state index in [2.05, 4.69) is 34.3 Å². The predicted molar refractivity (Wildman–Crippen MR) is 82.1 cm³/mol.